The van der Waals surface area contributed by atoms with E-state index in [1.807, 2.05) is 26.0 Å². The highest BCUT2D eigenvalue weighted by Gasteiger charge is 2.18. The fraction of sp³-hybridized carbons (Fsp3) is 0.412. The number of halogens is 1. The number of rotatable bonds is 7. The molecule has 0 aliphatic heterocycles. The maximum atomic E-state index is 12.2. The Kier molecular flexibility index (Phi) is 6.36. The predicted octanol–water partition coefficient (Wildman–Crippen LogP) is 1.81. The molecule has 0 fully saturated rings. The van der Waals surface area contributed by atoms with E-state index in [4.69, 9.17) is 16.3 Å². The van der Waals surface area contributed by atoms with Crippen LogP contribution in [0.4, 0.5) is 0 Å². The summed E-state index contributed by atoms with van der Waals surface area (Å²) < 4.78 is 6.76. The van der Waals surface area contributed by atoms with Crippen molar-refractivity contribution in [1.29, 1.82) is 0 Å². The van der Waals surface area contributed by atoms with E-state index in [9.17, 15) is 9.90 Å². The minimum atomic E-state index is -0.408. The van der Waals surface area contributed by atoms with Gasteiger partial charge in [0, 0.05) is 23.4 Å². The quantitative estimate of drug-likeness (QED) is 0.797. The van der Waals surface area contributed by atoms with Crippen molar-refractivity contribution in [3.05, 3.63) is 46.2 Å². The lowest BCUT2D eigenvalue weighted by Gasteiger charge is -2.15. The van der Waals surface area contributed by atoms with E-state index >= 15 is 0 Å². The second kappa shape index (κ2) is 8.28. The van der Waals surface area contributed by atoms with Gasteiger partial charge < -0.3 is 15.2 Å². The van der Waals surface area contributed by atoms with Crippen LogP contribution in [0.25, 0.3) is 5.69 Å². The summed E-state index contributed by atoms with van der Waals surface area (Å²) in [5.41, 5.74) is 3.46. The van der Waals surface area contributed by atoms with E-state index < -0.39 is 6.04 Å². The van der Waals surface area contributed by atoms with Gasteiger partial charge in [0.1, 0.15) is 0 Å². The maximum absolute atomic E-state index is 12.2. The molecule has 1 heterocycles. The second-order valence-corrected chi connectivity index (χ2v) is 6.05. The lowest BCUT2D eigenvalue weighted by atomic mass is 10.1. The third kappa shape index (κ3) is 4.35. The summed E-state index contributed by atoms with van der Waals surface area (Å²) in [4.78, 5) is 12.2. The van der Waals surface area contributed by atoms with Gasteiger partial charge in [-0.1, -0.05) is 11.6 Å². The Hall–Kier alpha value is -1.89. The zero-order valence-electron chi connectivity index (χ0n) is 14.0. The molecule has 130 valence electrons. The van der Waals surface area contributed by atoms with Gasteiger partial charge in [0.15, 0.2) is 0 Å². The monoisotopic (exact) mass is 351 g/mol. The van der Waals surface area contributed by atoms with Crippen molar-refractivity contribution in [1.82, 2.24) is 15.1 Å². The Balaban J connectivity index is 2.17. The van der Waals surface area contributed by atoms with E-state index in [1.165, 1.54) is 7.11 Å². The number of aryl methyl sites for hydroxylation is 1. The standard InChI is InChI=1S/C17H22ClN3O3/c1-11-16(8-17(23)19-14(9-22)10-24-3)12(2)21(20-11)15-6-4-13(18)5-7-15/h4-7,14,22H,8-10H2,1-3H3,(H,19,23). The number of benzene rings is 1. The summed E-state index contributed by atoms with van der Waals surface area (Å²) in [6.45, 7) is 3.91. The first-order chi connectivity index (χ1) is 11.5. The smallest absolute Gasteiger partial charge is 0.224 e. The third-order valence-electron chi connectivity index (χ3n) is 3.80. The SMILES string of the molecule is COCC(CO)NC(=O)Cc1c(C)nn(-c2ccc(Cl)cc2)c1C. The number of nitrogens with one attached hydrogen (secondary N) is 1. The average molecular weight is 352 g/mol. The topological polar surface area (TPSA) is 76.4 Å². The molecule has 1 atom stereocenters. The molecule has 2 N–H and O–H groups in total. The van der Waals surface area contributed by atoms with Crippen LogP contribution in [0.15, 0.2) is 24.3 Å². The maximum Gasteiger partial charge on any atom is 0.224 e. The minimum absolute atomic E-state index is 0.165. The highest BCUT2D eigenvalue weighted by atomic mass is 35.5. The molecule has 1 amide bonds. The van der Waals surface area contributed by atoms with Crippen LogP contribution in [-0.4, -0.2) is 47.2 Å². The van der Waals surface area contributed by atoms with Crippen molar-refractivity contribution < 1.29 is 14.6 Å². The van der Waals surface area contributed by atoms with Gasteiger partial charge in [0.05, 0.1) is 37.1 Å². The molecule has 7 heteroatoms. The van der Waals surface area contributed by atoms with Crippen LogP contribution in [-0.2, 0) is 16.0 Å². The van der Waals surface area contributed by atoms with E-state index in [0.717, 1.165) is 22.6 Å². The molecule has 0 saturated heterocycles. The summed E-state index contributed by atoms with van der Waals surface area (Å²) >= 11 is 5.92. The van der Waals surface area contributed by atoms with Crippen LogP contribution in [0.5, 0.6) is 0 Å². The number of hydrogen-bond acceptors (Lipinski definition) is 4. The fourth-order valence-corrected chi connectivity index (χ4v) is 2.67. The van der Waals surface area contributed by atoms with Crippen LogP contribution < -0.4 is 5.32 Å². The number of aromatic nitrogens is 2. The zero-order chi connectivity index (χ0) is 17.7. The van der Waals surface area contributed by atoms with Crippen molar-refractivity contribution in [3.8, 4) is 5.69 Å². The molecular formula is C17H22ClN3O3. The first kappa shape index (κ1) is 18.4. The van der Waals surface area contributed by atoms with Gasteiger partial charge in [0.2, 0.25) is 5.91 Å². The second-order valence-electron chi connectivity index (χ2n) is 5.62. The van der Waals surface area contributed by atoms with Gasteiger partial charge in [-0.3, -0.25) is 4.79 Å². The lowest BCUT2D eigenvalue weighted by Crippen LogP contribution is -2.41. The highest BCUT2D eigenvalue weighted by Crippen LogP contribution is 2.20. The van der Waals surface area contributed by atoms with E-state index in [1.54, 1.807) is 16.8 Å². The number of aliphatic hydroxyl groups is 1. The lowest BCUT2D eigenvalue weighted by molar-refractivity contribution is -0.121. The molecule has 2 rings (SSSR count). The molecule has 24 heavy (non-hydrogen) atoms. The fourth-order valence-electron chi connectivity index (χ4n) is 2.54. The normalized spacial score (nSPS) is 12.2. The molecule has 0 radical (unpaired) electrons. The van der Waals surface area contributed by atoms with E-state index in [-0.39, 0.29) is 25.5 Å². The van der Waals surface area contributed by atoms with Crippen LogP contribution >= 0.6 is 11.6 Å². The van der Waals surface area contributed by atoms with Gasteiger partial charge in [-0.2, -0.15) is 5.10 Å². The molecule has 2 aromatic rings. The zero-order valence-corrected chi connectivity index (χ0v) is 14.8. The number of hydrogen-bond donors (Lipinski definition) is 2. The Morgan fingerprint density at radius 3 is 2.62 bits per heavy atom. The van der Waals surface area contributed by atoms with Crippen molar-refractivity contribution in [3.63, 3.8) is 0 Å². The van der Waals surface area contributed by atoms with Crippen LogP contribution in [0, 0.1) is 13.8 Å². The molecule has 1 aromatic heterocycles. The molecule has 0 aliphatic carbocycles. The van der Waals surface area contributed by atoms with Gasteiger partial charge >= 0.3 is 0 Å². The number of methoxy groups -OCH3 is 1. The average Bonchev–Trinajstić information content (AvgIpc) is 2.83. The van der Waals surface area contributed by atoms with E-state index in [0.29, 0.717) is 5.02 Å². The van der Waals surface area contributed by atoms with Crippen molar-refractivity contribution in [2.24, 2.45) is 0 Å². The van der Waals surface area contributed by atoms with Crippen molar-refractivity contribution in [2.45, 2.75) is 26.3 Å². The summed E-state index contributed by atoms with van der Waals surface area (Å²) in [5.74, 6) is -0.173. The first-order valence-electron chi connectivity index (χ1n) is 7.66. The summed E-state index contributed by atoms with van der Waals surface area (Å²) in [5, 5.41) is 17.2. The number of ether oxygens (including phenoxy) is 1. The van der Waals surface area contributed by atoms with E-state index in [2.05, 4.69) is 10.4 Å². The van der Waals surface area contributed by atoms with Gasteiger partial charge in [-0.15, -0.1) is 0 Å². The summed E-state index contributed by atoms with van der Waals surface area (Å²) in [7, 11) is 1.53. The van der Waals surface area contributed by atoms with Crippen LogP contribution in [0.3, 0.4) is 0 Å². The van der Waals surface area contributed by atoms with Gasteiger partial charge in [0.25, 0.3) is 0 Å². The number of amides is 1. The Bertz CT molecular complexity index is 698. The molecular weight excluding hydrogens is 330 g/mol. The molecule has 0 spiro atoms. The first-order valence-corrected chi connectivity index (χ1v) is 8.04. The number of carbonyl (C=O) groups is 1. The molecule has 0 bridgehead atoms. The third-order valence-corrected chi connectivity index (χ3v) is 4.06. The highest BCUT2D eigenvalue weighted by molar-refractivity contribution is 6.30. The van der Waals surface area contributed by atoms with Gasteiger partial charge in [-0.25, -0.2) is 4.68 Å². The number of carbonyl (C=O) groups excluding carboxylic acids is 1. The van der Waals surface area contributed by atoms with Crippen molar-refractivity contribution in [2.75, 3.05) is 20.3 Å². The Morgan fingerprint density at radius 2 is 2.04 bits per heavy atom. The molecule has 0 aliphatic rings. The molecule has 1 aromatic carbocycles. The molecule has 1 unspecified atom stereocenters. The number of nitrogens with zero attached hydrogens (tertiary/aromatic N) is 2. The largest absolute Gasteiger partial charge is 0.394 e. The molecule has 6 nitrogen and oxygen atoms in total. The summed E-state index contributed by atoms with van der Waals surface area (Å²) in [6.07, 6.45) is 0.200. The minimum Gasteiger partial charge on any atom is -0.394 e. The Morgan fingerprint density at radius 1 is 1.38 bits per heavy atom. The summed E-state index contributed by atoms with van der Waals surface area (Å²) in [6, 6.07) is 6.96. The Labute approximate surface area is 146 Å². The van der Waals surface area contributed by atoms with Crippen molar-refractivity contribution >= 4 is 17.5 Å². The van der Waals surface area contributed by atoms with Crippen LogP contribution in [0.2, 0.25) is 5.02 Å². The molecule has 0 saturated carbocycles. The van der Waals surface area contributed by atoms with Crippen LogP contribution in [0.1, 0.15) is 17.0 Å². The number of aliphatic hydroxyl groups excluding tert-OH is 1. The predicted molar refractivity (Wildman–Crippen MR) is 92.6 cm³/mol. The van der Waals surface area contributed by atoms with Gasteiger partial charge in [-0.05, 0) is 38.1 Å².